The summed E-state index contributed by atoms with van der Waals surface area (Å²) in [5.74, 6) is 6.12. The van der Waals surface area contributed by atoms with E-state index in [0.29, 0.717) is 53.9 Å². The predicted molar refractivity (Wildman–Crippen MR) is 175 cm³/mol. The number of carbonyl (C=O) groups is 1. The number of likely N-dealkylation sites (N-methyl/N-ethyl adjacent to an activating group) is 1. The number of carbonyl (C=O) groups excluding carboxylic acids is 1. The fourth-order valence-corrected chi connectivity index (χ4v) is 6.36. The summed E-state index contributed by atoms with van der Waals surface area (Å²) >= 11 is 0. The van der Waals surface area contributed by atoms with Crippen molar-refractivity contribution in [1.29, 1.82) is 0 Å². The number of halogens is 3. The van der Waals surface area contributed by atoms with Gasteiger partial charge in [-0.05, 0) is 75.0 Å². The monoisotopic (exact) mass is 645 g/mol. The third-order valence-electron chi connectivity index (χ3n) is 9.19. The van der Waals surface area contributed by atoms with E-state index in [1.165, 1.54) is 18.5 Å². The van der Waals surface area contributed by atoms with Crippen LogP contribution in [0.5, 0.6) is 0 Å². The van der Waals surface area contributed by atoms with Crippen molar-refractivity contribution in [1.82, 2.24) is 24.3 Å². The zero-order chi connectivity index (χ0) is 33.3. The van der Waals surface area contributed by atoms with Gasteiger partial charge >= 0.3 is 6.18 Å². The molecule has 1 saturated heterocycles. The molecule has 1 aliphatic carbocycles. The Balaban J connectivity index is 1.24. The molecule has 0 spiro atoms. The van der Waals surface area contributed by atoms with Crippen LogP contribution < -0.4 is 11.1 Å². The number of amides is 1. The number of aliphatic hydroxyl groups is 1. The van der Waals surface area contributed by atoms with E-state index in [1.54, 1.807) is 18.2 Å². The molecule has 2 fully saturated rings. The van der Waals surface area contributed by atoms with Crippen molar-refractivity contribution in [2.45, 2.75) is 57.5 Å². The van der Waals surface area contributed by atoms with Gasteiger partial charge in [0.05, 0.1) is 22.6 Å². The van der Waals surface area contributed by atoms with E-state index in [0.717, 1.165) is 37.6 Å². The Morgan fingerprint density at radius 1 is 1.02 bits per heavy atom. The van der Waals surface area contributed by atoms with Crippen LogP contribution >= 0.6 is 0 Å². The number of nitrogens with two attached hydrogens (primary N) is 1. The standard InChI is InChI=1S/C35H38F3N7O2/c1-22-3-4-24(34(47)42-27-8-7-25(30(18-27)35(36,37)38)19-44-15-13-43(2)14-16-44)17-23(22)5-6-26-20-45(28-9-11-29(46)12-10-28)33-31(26)32(39)40-21-41-33/h3-4,7-8,17-18,20-21,28-29,46H,9-16,19H2,1-2H3,(H,42,47)(H2,39,40,41)/t28-,29-. The molecule has 0 unspecified atom stereocenters. The second kappa shape index (κ2) is 13.4. The van der Waals surface area contributed by atoms with Crippen LogP contribution in [0, 0.1) is 18.8 Å². The molecule has 9 nitrogen and oxygen atoms in total. The van der Waals surface area contributed by atoms with E-state index in [2.05, 4.69) is 36.6 Å². The summed E-state index contributed by atoms with van der Waals surface area (Å²) in [6.45, 7) is 5.05. The minimum atomic E-state index is -4.56. The number of alkyl halides is 3. The quantitative estimate of drug-likeness (QED) is 0.255. The van der Waals surface area contributed by atoms with Crippen LogP contribution in [0.4, 0.5) is 24.7 Å². The Labute approximate surface area is 271 Å². The summed E-state index contributed by atoms with van der Waals surface area (Å²) in [6.07, 6.45) is 1.51. The van der Waals surface area contributed by atoms with Gasteiger partial charge in [-0.2, -0.15) is 13.2 Å². The zero-order valence-electron chi connectivity index (χ0n) is 26.4. The van der Waals surface area contributed by atoms with E-state index in [1.807, 2.05) is 25.1 Å². The first-order valence-corrected chi connectivity index (χ1v) is 15.8. The average Bonchev–Trinajstić information content (AvgIpc) is 3.42. The van der Waals surface area contributed by atoms with Crippen molar-refractivity contribution in [3.63, 3.8) is 0 Å². The number of anilines is 2. The summed E-state index contributed by atoms with van der Waals surface area (Å²) in [6, 6.07) is 9.13. The molecular weight excluding hydrogens is 607 g/mol. The summed E-state index contributed by atoms with van der Waals surface area (Å²) < 4.78 is 44.3. The topological polar surface area (TPSA) is 113 Å². The summed E-state index contributed by atoms with van der Waals surface area (Å²) in [5, 5.41) is 13.3. The van der Waals surface area contributed by atoms with Crippen LogP contribution in [0.3, 0.4) is 0 Å². The van der Waals surface area contributed by atoms with E-state index >= 15 is 0 Å². The Kier molecular flexibility index (Phi) is 9.23. The molecule has 246 valence electrons. The Morgan fingerprint density at radius 2 is 1.74 bits per heavy atom. The maximum atomic E-state index is 14.1. The number of rotatable bonds is 5. The van der Waals surface area contributed by atoms with Gasteiger partial charge in [-0.1, -0.05) is 24.0 Å². The highest BCUT2D eigenvalue weighted by Gasteiger charge is 2.34. The Hall–Kier alpha value is -4.44. The third-order valence-corrected chi connectivity index (χ3v) is 9.19. The molecule has 1 saturated carbocycles. The molecule has 3 heterocycles. The number of aromatic nitrogens is 3. The number of hydrogen-bond acceptors (Lipinski definition) is 7. The molecule has 4 N–H and O–H groups in total. The lowest BCUT2D eigenvalue weighted by atomic mass is 9.93. The van der Waals surface area contributed by atoms with Gasteiger partial charge in [0.15, 0.2) is 0 Å². The first kappa shape index (κ1) is 32.5. The van der Waals surface area contributed by atoms with Crippen molar-refractivity contribution in [2.75, 3.05) is 44.3 Å². The van der Waals surface area contributed by atoms with Crippen molar-refractivity contribution in [3.05, 3.63) is 82.3 Å². The molecule has 47 heavy (non-hydrogen) atoms. The first-order valence-electron chi connectivity index (χ1n) is 15.8. The third kappa shape index (κ3) is 7.27. The number of nitrogens with zero attached hydrogens (tertiary/aromatic N) is 5. The van der Waals surface area contributed by atoms with Crippen LogP contribution in [-0.4, -0.2) is 74.7 Å². The molecule has 2 aromatic heterocycles. The fourth-order valence-electron chi connectivity index (χ4n) is 6.36. The lowest BCUT2D eigenvalue weighted by molar-refractivity contribution is -0.138. The van der Waals surface area contributed by atoms with Gasteiger partial charge in [0.2, 0.25) is 0 Å². The number of aryl methyl sites for hydroxylation is 1. The average molecular weight is 646 g/mol. The second-order valence-electron chi connectivity index (χ2n) is 12.6. The maximum Gasteiger partial charge on any atom is 0.416 e. The number of aliphatic hydroxyl groups excluding tert-OH is 1. The number of nitrogens with one attached hydrogen (secondary N) is 1. The first-order chi connectivity index (χ1) is 22.5. The SMILES string of the molecule is Cc1ccc(C(=O)Nc2ccc(CN3CCN(C)CC3)c(C(F)(F)F)c2)cc1C#Cc1cn([C@H]2CC[C@H](O)CC2)c2ncnc(N)c12. The highest BCUT2D eigenvalue weighted by molar-refractivity contribution is 6.04. The second-order valence-corrected chi connectivity index (χ2v) is 12.6. The van der Waals surface area contributed by atoms with Crippen molar-refractivity contribution >= 4 is 28.4 Å². The van der Waals surface area contributed by atoms with Gasteiger partial charge in [0.25, 0.3) is 5.91 Å². The largest absolute Gasteiger partial charge is 0.416 e. The van der Waals surface area contributed by atoms with Gasteiger partial charge in [-0.15, -0.1) is 0 Å². The number of fused-ring (bicyclic) bond motifs is 1. The van der Waals surface area contributed by atoms with Crippen LogP contribution in [-0.2, 0) is 12.7 Å². The number of hydrogen-bond donors (Lipinski definition) is 3. The van der Waals surface area contributed by atoms with Crippen LogP contribution in [0.1, 0.15) is 69.9 Å². The zero-order valence-corrected chi connectivity index (χ0v) is 26.4. The van der Waals surface area contributed by atoms with Gasteiger partial charge in [0.1, 0.15) is 17.8 Å². The van der Waals surface area contributed by atoms with Gasteiger partial charge in [-0.25, -0.2) is 9.97 Å². The number of benzene rings is 2. The van der Waals surface area contributed by atoms with Gasteiger partial charge < -0.3 is 25.6 Å². The Morgan fingerprint density at radius 3 is 2.47 bits per heavy atom. The minimum Gasteiger partial charge on any atom is -0.393 e. The fraction of sp³-hybridized carbons (Fsp3) is 0.400. The summed E-state index contributed by atoms with van der Waals surface area (Å²) in [7, 11) is 2.00. The Bertz CT molecular complexity index is 1840. The summed E-state index contributed by atoms with van der Waals surface area (Å²) in [5.41, 5.74) is 8.77. The van der Waals surface area contributed by atoms with Crippen LogP contribution in [0.2, 0.25) is 0 Å². The predicted octanol–water partition coefficient (Wildman–Crippen LogP) is 5.22. The molecule has 6 rings (SSSR count). The highest BCUT2D eigenvalue weighted by atomic mass is 19.4. The molecule has 1 aliphatic heterocycles. The molecule has 1 amide bonds. The number of nitrogen functional groups attached to an aromatic ring is 1. The molecule has 4 aromatic rings. The van der Waals surface area contributed by atoms with Gasteiger partial charge in [-0.3, -0.25) is 9.69 Å². The smallest absolute Gasteiger partial charge is 0.393 e. The normalized spacial score (nSPS) is 19.4. The van der Waals surface area contributed by atoms with Gasteiger partial charge in [0, 0.05) is 61.8 Å². The van der Waals surface area contributed by atoms with E-state index in [-0.39, 0.29) is 35.5 Å². The molecule has 0 bridgehead atoms. The molecule has 12 heteroatoms. The summed E-state index contributed by atoms with van der Waals surface area (Å²) in [4.78, 5) is 26.1. The van der Waals surface area contributed by atoms with Crippen molar-refractivity contribution in [2.24, 2.45) is 0 Å². The molecular formula is C35H38F3N7O2. The highest BCUT2D eigenvalue weighted by Crippen LogP contribution is 2.36. The van der Waals surface area contributed by atoms with Crippen molar-refractivity contribution < 1.29 is 23.1 Å². The minimum absolute atomic E-state index is 0.0659. The molecule has 2 aromatic carbocycles. The maximum absolute atomic E-state index is 14.1. The van der Waals surface area contributed by atoms with Crippen LogP contribution in [0.25, 0.3) is 11.0 Å². The van der Waals surface area contributed by atoms with E-state index in [4.69, 9.17) is 5.73 Å². The molecule has 2 aliphatic rings. The lowest BCUT2D eigenvalue weighted by Crippen LogP contribution is -2.44. The van der Waals surface area contributed by atoms with Crippen LogP contribution in [0.15, 0.2) is 48.9 Å². The molecule has 0 atom stereocenters. The lowest BCUT2D eigenvalue weighted by Gasteiger charge is -2.33. The van der Waals surface area contributed by atoms with E-state index < -0.39 is 17.6 Å². The molecule has 0 radical (unpaired) electrons. The van der Waals surface area contributed by atoms with Crippen molar-refractivity contribution in [3.8, 4) is 11.8 Å². The van der Waals surface area contributed by atoms with E-state index in [9.17, 15) is 23.1 Å². The number of piperazine rings is 1.